The van der Waals surface area contributed by atoms with E-state index < -0.39 is 0 Å². The third-order valence-corrected chi connectivity index (χ3v) is 3.56. The van der Waals surface area contributed by atoms with Gasteiger partial charge in [0.05, 0.1) is 11.4 Å². The zero-order valence-electron chi connectivity index (χ0n) is 10.1. The Bertz CT molecular complexity index is 521. The summed E-state index contributed by atoms with van der Waals surface area (Å²) in [4.78, 5) is 0. The molecule has 0 aliphatic heterocycles. The topological polar surface area (TPSA) is 43.8 Å². The molecule has 3 heteroatoms. The van der Waals surface area contributed by atoms with Crippen molar-refractivity contribution in [2.45, 2.75) is 32.1 Å². The molecule has 2 aromatic rings. The summed E-state index contributed by atoms with van der Waals surface area (Å²) in [5.74, 6) is 1.36. The minimum Gasteiger partial charge on any atom is -0.384 e. The summed E-state index contributed by atoms with van der Waals surface area (Å²) in [6.45, 7) is 2.08. The van der Waals surface area contributed by atoms with Crippen LogP contribution in [-0.2, 0) is 0 Å². The second-order valence-corrected chi connectivity index (χ2v) is 4.87. The second kappa shape index (κ2) is 3.91. The molecule has 88 valence electrons. The van der Waals surface area contributed by atoms with Crippen LogP contribution in [0.1, 0.15) is 36.4 Å². The van der Waals surface area contributed by atoms with Crippen molar-refractivity contribution in [2.24, 2.45) is 0 Å². The Kier molecular flexibility index (Phi) is 2.39. The average Bonchev–Trinajstić information content (AvgIpc) is 2.59. The van der Waals surface area contributed by atoms with Gasteiger partial charge in [-0.05, 0) is 31.9 Å². The molecule has 0 atom stereocenters. The van der Waals surface area contributed by atoms with E-state index in [-0.39, 0.29) is 0 Å². The monoisotopic (exact) mass is 227 g/mol. The third kappa shape index (κ3) is 1.82. The van der Waals surface area contributed by atoms with Gasteiger partial charge in [-0.15, -0.1) is 0 Å². The molecule has 1 fully saturated rings. The maximum absolute atomic E-state index is 6.03. The number of nitrogens with zero attached hydrogens (tertiary/aromatic N) is 2. The lowest BCUT2D eigenvalue weighted by molar-refractivity contribution is 0.409. The summed E-state index contributed by atoms with van der Waals surface area (Å²) < 4.78 is 1.84. The van der Waals surface area contributed by atoms with Crippen LogP contribution in [0, 0.1) is 6.92 Å². The van der Waals surface area contributed by atoms with Crippen molar-refractivity contribution in [2.75, 3.05) is 5.73 Å². The first kappa shape index (κ1) is 10.4. The number of hydrogen-bond donors (Lipinski definition) is 1. The van der Waals surface area contributed by atoms with Crippen LogP contribution in [0.25, 0.3) is 5.69 Å². The zero-order chi connectivity index (χ0) is 11.8. The minimum absolute atomic E-state index is 0.629. The minimum atomic E-state index is 0.629. The molecule has 0 bridgehead atoms. The summed E-state index contributed by atoms with van der Waals surface area (Å²) in [6, 6.07) is 10.3. The summed E-state index contributed by atoms with van der Waals surface area (Å²) in [5, 5.41) is 4.62. The Morgan fingerprint density at radius 2 is 1.94 bits per heavy atom. The van der Waals surface area contributed by atoms with Gasteiger partial charge < -0.3 is 5.73 Å². The Morgan fingerprint density at radius 3 is 2.53 bits per heavy atom. The van der Waals surface area contributed by atoms with Crippen molar-refractivity contribution in [3.63, 3.8) is 0 Å². The van der Waals surface area contributed by atoms with Gasteiger partial charge in [0.2, 0.25) is 0 Å². The Balaban J connectivity index is 1.96. The van der Waals surface area contributed by atoms with E-state index in [4.69, 9.17) is 5.73 Å². The van der Waals surface area contributed by atoms with E-state index in [9.17, 15) is 0 Å². The van der Waals surface area contributed by atoms with Crippen molar-refractivity contribution >= 4 is 5.82 Å². The Morgan fingerprint density at radius 1 is 1.24 bits per heavy atom. The highest BCUT2D eigenvalue weighted by molar-refractivity contribution is 5.44. The average molecular weight is 227 g/mol. The number of nitrogen functional groups attached to an aromatic ring is 1. The van der Waals surface area contributed by atoms with Gasteiger partial charge >= 0.3 is 0 Å². The zero-order valence-corrected chi connectivity index (χ0v) is 10.1. The van der Waals surface area contributed by atoms with Crippen LogP contribution in [-0.4, -0.2) is 9.78 Å². The van der Waals surface area contributed by atoms with Crippen LogP contribution in [0.15, 0.2) is 30.3 Å². The summed E-state index contributed by atoms with van der Waals surface area (Å²) >= 11 is 0. The molecule has 0 unspecified atom stereocenters. The second-order valence-electron chi connectivity index (χ2n) is 4.87. The van der Waals surface area contributed by atoms with Gasteiger partial charge in [0.1, 0.15) is 5.82 Å². The molecule has 1 aromatic heterocycles. The van der Waals surface area contributed by atoms with Crippen LogP contribution >= 0.6 is 0 Å². The van der Waals surface area contributed by atoms with Gasteiger partial charge in [0.15, 0.2) is 0 Å². The first-order valence-electron chi connectivity index (χ1n) is 6.16. The van der Waals surface area contributed by atoms with Crippen molar-refractivity contribution < 1.29 is 0 Å². The van der Waals surface area contributed by atoms with Gasteiger partial charge in [0, 0.05) is 12.0 Å². The molecular formula is C14H17N3. The van der Waals surface area contributed by atoms with Gasteiger partial charge in [-0.3, -0.25) is 0 Å². The van der Waals surface area contributed by atoms with Crippen molar-refractivity contribution in [1.29, 1.82) is 0 Å². The molecule has 1 saturated carbocycles. The standard InChI is InChI=1S/C14H17N3/c1-10-5-7-12(8-6-10)17-14(15)9-13(16-17)11-3-2-4-11/h5-9,11H,2-4,15H2,1H3. The molecule has 3 nitrogen and oxygen atoms in total. The lowest BCUT2D eigenvalue weighted by atomic mass is 9.83. The van der Waals surface area contributed by atoms with Crippen molar-refractivity contribution in [1.82, 2.24) is 9.78 Å². The number of hydrogen-bond acceptors (Lipinski definition) is 2. The van der Waals surface area contributed by atoms with E-state index in [1.165, 1.54) is 24.8 Å². The molecular weight excluding hydrogens is 210 g/mol. The van der Waals surface area contributed by atoms with Crippen molar-refractivity contribution in [3.8, 4) is 5.69 Å². The Labute approximate surface area is 101 Å². The molecule has 1 aliphatic rings. The molecule has 3 rings (SSSR count). The van der Waals surface area contributed by atoms with Gasteiger partial charge in [-0.1, -0.05) is 24.1 Å². The number of benzene rings is 1. The van der Waals surface area contributed by atoms with Gasteiger partial charge in [-0.2, -0.15) is 5.10 Å². The van der Waals surface area contributed by atoms with E-state index in [2.05, 4.69) is 36.3 Å². The largest absolute Gasteiger partial charge is 0.384 e. The summed E-state index contributed by atoms with van der Waals surface area (Å²) in [5.41, 5.74) is 9.47. The first-order chi connectivity index (χ1) is 8.24. The van der Waals surface area contributed by atoms with Crippen LogP contribution in [0.3, 0.4) is 0 Å². The van der Waals surface area contributed by atoms with Crippen LogP contribution in [0.2, 0.25) is 0 Å². The lowest BCUT2D eigenvalue weighted by Gasteiger charge is -2.22. The molecule has 2 N–H and O–H groups in total. The quantitative estimate of drug-likeness (QED) is 0.857. The van der Waals surface area contributed by atoms with Crippen LogP contribution in [0.4, 0.5) is 5.82 Å². The number of nitrogens with two attached hydrogens (primary N) is 1. The first-order valence-corrected chi connectivity index (χ1v) is 6.16. The highest BCUT2D eigenvalue weighted by Crippen LogP contribution is 2.36. The predicted molar refractivity (Wildman–Crippen MR) is 69.3 cm³/mol. The van der Waals surface area contributed by atoms with Crippen LogP contribution in [0.5, 0.6) is 0 Å². The fourth-order valence-corrected chi connectivity index (χ4v) is 2.21. The van der Waals surface area contributed by atoms with Gasteiger partial charge in [-0.25, -0.2) is 4.68 Å². The SMILES string of the molecule is Cc1ccc(-n2nc(C3CCC3)cc2N)cc1. The predicted octanol–water partition coefficient (Wildman–Crippen LogP) is 3.03. The molecule has 1 aromatic carbocycles. The molecule has 1 aliphatic carbocycles. The van der Waals surface area contributed by atoms with E-state index in [0.29, 0.717) is 5.92 Å². The molecule has 0 saturated heterocycles. The van der Waals surface area contributed by atoms with Crippen LogP contribution < -0.4 is 5.73 Å². The Hall–Kier alpha value is -1.77. The molecule has 0 amide bonds. The van der Waals surface area contributed by atoms with E-state index in [0.717, 1.165) is 17.2 Å². The third-order valence-electron chi connectivity index (χ3n) is 3.56. The van der Waals surface area contributed by atoms with E-state index in [1.54, 1.807) is 0 Å². The molecule has 17 heavy (non-hydrogen) atoms. The number of aromatic nitrogens is 2. The highest BCUT2D eigenvalue weighted by atomic mass is 15.3. The summed E-state index contributed by atoms with van der Waals surface area (Å²) in [7, 11) is 0. The van der Waals surface area contributed by atoms with E-state index >= 15 is 0 Å². The smallest absolute Gasteiger partial charge is 0.127 e. The fourth-order valence-electron chi connectivity index (χ4n) is 2.21. The maximum Gasteiger partial charge on any atom is 0.127 e. The molecule has 0 radical (unpaired) electrons. The van der Waals surface area contributed by atoms with Crippen molar-refractivity contribution in [3.05, 3.63) is 41.6 Å². The lowest BCUT2D eigenvalue weighted by Crippen LogP contribution is -2.10. The summed E-state index contributed by atoms with van der Waals surface area (Å²) in [6.07, 6.45) is 3.83. The maximum atomic E-state index is 6.03. The number of anilines is 1. The number of rotatable bonds is 2. The van der Waals surface area contributed by atoms with E-state index in [1.807, 2.05) is 10.7 Å². The normalized spacial score (nSPS) is 15.8. The molecule has 0 spiro atoms. The highest BCUT2D eigenvalue weighted by Gasteiger charge is 2.23. The molecule has 1 heterocycles. The fraction of sp³-hybridized carbons (Fsp3) is 0.357. The van der Waals surface area contributed by atoms with Gasteiger partial charge in [0.25, 0.3) is 0 Å². The number of aryl methyl sites for hydroxylation is 1.